The predicted octanol–water partition coefficient (Wildman–Crippen LogP) is 3.14. The molecule has 3 nitrogen and oxygen atoms in total. The fraction of sp³-hybridized carbons (Fsp3) is 0.636. The molecule has 1 rings (SSSR count). The molecular weight excluding hydrogens is 210 g/mol. The number of aromatic carboxylic acids is 1. The topological polar surface area (TPSA) is 50.2 Å². The number of unbranched alkanes of at least 4 members (excludes halogenated alkanes) is 1. The molecule has 0 unspecified atom stereocenters. The quantitative estimate of drug-likeness (QED) is 0.812. The summed E-state index contributed by atoms with van der Waals surface area (Å²) in [5.74, 6) is -0.835. The molecular formula is C11H17NO2S. The van der Waals surface area contributed by atoms with Gasteiger partial charge in [-0.25, -0.2) is 9.78 Å². The van der Waals surface area contributed by atoms with Crippen molar-refractivity contribution in [3.8, 4) is 0 Å². The van der Waals surface area contributed by atoms with Gasteiger partial charge < -0.3 is 5.11 Å². The Morgan fingerprint density at radius 2 is 2.07 bits per heavy atom. The molecule has 4 heteroatoms. The van der Waals surface area contributed by atoms with Crippen LogP contribution in [0.1, 0.15) is 53.5 Å². The maximum absolute atomic E-state index is 11.0. The van der Waals surface area contributed by atoms with Crippen LogP contribution in [-0.2, 0) is 12.8 Å². The minimum absolute atomic E-state index is 0.433. The third kappa shape index (κ3) is 3.30. The van der Waals surface area contributed by atoms with Gasteiger partial charge in [0.15, 0.2) is 0 Å². The Labute approximate surface area is 94.2 Å². The molecule has 0 aliphatic carbocycles. The summed E-state index contributed by atoms with van der Waals surface area (Å²) in [5, 5.41) is 9.97. The second-order valence-electron chi connectivity index (χ2n) is 3.54. The Balaban J connectivity index is 2.83. The van der Waals surface area contributed by atoms with Gasteiger partial charge in [0.05, 0.1) is 10.7 Å². The van der Waals surface area contributed by atoms with Gasteiger partial charge in [-0.1, -0.05) is 26.7 Å². The van der Waals surface area contributed by atoms with Crippen LogP contribution in [0.25, 0.3) is 0 Å². The molecule has 1 aromatic rings. The van der Waals surface area contributed by atoms with E-state index in [1.165, 1.54) is 11.3 Å². The molecule has 84 valence electrons. The first-order valence-electron chi connectivity index (χ1n) is 5.40. The second-order valence-corrected chi connectivity index (χ2v) is 4.63. The molecule has 1 heterocycles. The minimum Gasteiger partial charge on any atom is -0.477 e. The summed E-state index contributed by atoms with van der Waals surface area (Å²) < 4.78 is 0. The SMILES string of the molecule is CCCCc1nc(CCC)c(C(=O)O)s1. The first-order chi connectivity index (χ1) is 7.19. The number of carboxylic acid groups (broad SMARTS) is 1. The average Bonchev–Trinajstić information content (AvgIpc) is 2.59. The molecule has 0 atom stereocenters. The highest BCUT2D eigenvalue weighted by Gasteiger charge is 2.15. The van der Waals surface area contributed by atoms with Crippen molar-refractivity contribution in [3.05, 3.63) is 15.6 Å². The number of aryl methyl sites for hydroxylation is 2. The Morgan fingerprint density at radius 3 is 2.60 bits per heavy atom. The number of hydrogen-bond acceptors (Lipinski definition) is 3. The fourth-order valence-corrected chi connectivity index (χ4v) is 2.40. The number of carboxylic acids is 1. The van der Waals surface area contributed by atoms with Crippen LogP contribution >= 0.6 is 11.3 Å². The van der Waals surface area contributed by atoms with Crippen LogP contribution in [0.15, 0.2) is 0 Å². The third-order valence-corrected chi connectivity index (χ3v) is 3.31. The maximum atomic E-state index is 11.0. The van der Waals surface area contributed by atoms with E-state index in [9.17, 15) is 4.79 Å². The number of hydrogen-bond donors (Lipinski definition) is 1. The van der Waals surface area contributed by atoms with Crippen molar-refractivity contribution in [1.82, 2.24) is 4.98 Å². The van der Waals surface area contributed by atoms with E-state index >= 15 is 0 Å². The normalized spacial score (nSPS) is 10.5. The monoisotopic (exact) mass is 227 g/mol. The van der Waals surface area contributed by atoms with E-state index in [4.69, 9.17) is 5.11 Å². The number of rotatable bonds is 6. The van der Waals surface area contributed by atoms with Crippen molar-refractivity contribution in [2.45, 2.75) is 46.0 Å². The first kappa shape index (κ1) is 12.2. The maximum Gasteiger partial charge on any atom is 0.347 e. The highest BCUT2D eigenvalue weighted by Crippen LogP contribution is 2.21. The number of thiazole rings is 1. The van der Waals surface area contributed by atoms with Crippen LogP contribution in [0, 0.1) is 0 Å². The van der Waals surface area contributed by atoms with Crippen molar-refractivity contribution in [3.63, 3.8) is 0 Å². The van der Waals surface area contributed by atoms with Crippen molar-refractivity contribution in [2.75, 3.05) is 0 Å². The van der Waals surface area contributed by atoms with Gasteiger partial charge in [-0.15, -0.1) is 11.3 Å². The lowest BCUT2D eigenvalue weighted by atomic mass is 10.2. The van der Waals surface area contributed by atoms with Crippen LogP contribution in [0.2, 0.25) is 0 Å². The zero-order chi connectivity index (χ0) is 11.3. The fourth-order valence-electron chi connectivity index (χ4n) is 1.41. The zero-order valence-electron chi connectivity index (χ0n) is 9.25. The minimum atomic E-state index is -0.835. The van der Waals surface area contributed by atoms with Gasteiger partial charge >= 0.3 is 5.97 Å². The Bertz CT molecular complexity index is 333. The lowest BCUT2D eigenvalue weighted by Crippen LogP contribution is -1.98. The van der Waals surface area contributed by atoms with Gasteiger partial charge in [0, 0.05) is 0 Å². The van der Waals surface area contributed by atoms with Gasteiger partial charge in [0.2, 0.25) is 0 Å². The zero-order valence-corrected chi connectivity index (χ0v) is 10.1. The summed E-state index contributed by atoms with van der Waals surface area (Å²) in [6, 6.07) is 0. The molecule has 0 saturated heterocycles. The van der Waals surface area contributed by atoms with E-state index in [0.29, 0.717) is 4.88 Å². The largest absolute Gasteiger partial charge is 0.477 e. The lowest BCUT2D eigenvalue weighted by molar-refractivity contribution is 0.0700. The van der Waals surface area contributed by atoms with Crippen LogP contribution in [0.5, 0.6) is 0 Å². The van der Waals surface area contributed by atoms with Gasteiger partial charge in [-0.3, -0.25) is 0 Å². The third-order valence-electron chi connectivity index (χ3n) is 2.17. The summed E-state index contributed by atoms with van der Waals surface area (Å²) in [6.45, 7) is 4.16. The summed E-state index contributed by atoms with van der Waals surface area (Å²) in [5.41, 5.74) is 0.765. The average molecular weight is 227 g/mol. The van der Waals surface area contributed by atoms with E-state index in [2.05, 4.69) is 11.9 Å². The molecule has 0 radical (unpaired) electrons. The number of carbonyl (C=O) groups is 1. The Hall–Kier alpha value is -0.900. The van der Waals surface area contributed by atoms with Gasteiger partial charge in [0.25, 0.3) is 0 Å². The van der Waals surface area contributed by atoms with Crippen LogP contribution in [-0.4, -0.2) is 16.1 Å². The summed E-state index contributed by atoms with van der Waals surface area (Å²) in [7, 11) is 0. The molecule has 0 aromatic carbocycles. The van der Waals surface area contributed by atoms with Crippen LogP contribution in [0.3, 0.4) is 0 Å². The highest BCUT2D eigenvalue weighted by molar-refractivity contribution is 7.13. The molecule has 0 spiro atoms. The molecule has 1 aromatic heterocycles. The van der Waals surface area contributed by atoms with E-state index in [0.717, 1.165) is 42.8 Å². The first-order valence-corrected chi connectivity index (χ1v) is 6.22. The molecule has 0 aliphatic heterocycles. The van der Waals surface area contributed by atoms with E-state index in [1.807, 2.05) is 6.92 Å². The van der Waals surface area contributed by atoms with E-state index < -0.39 is 5.97 Å². The predicted molar refractivity (Wildman–Crippen MR) is 61.7 cm³/mol. The molecule has 0 fully saturated rings. The molecule has 0 saturated carbocycles. The van der Waals surface area contributed by atoms with Crippen molar-refractivity contribution in [2.24, 2.45) is 0 Å². The number of nitrogens with zero attached hydrogens (tertiary/aromatic N) is 1. The smallest absolute Gasteiger partial charge is 0.347 e. The van der Waals surface area contributed by atoms with Gasteiger partial charge in [-0.2, -0.15) is 0 Å². The van der Waals surface area contributed by atoms with Crippen molar-refractivity contribution < 1.29 is 9.90 Å². The van der Waals surface area contributed by atoms with E-state index in [-0.39, 0.29) is 0 Å². The molecule has 0 amide bonds. The molecule has 15 heavy (non-hydrogen) atoms. The van der Waals surface area contributed by atoms with E-state index in [1.54, 1.807) is 0 Å². The number of aromatic nitrogens is 1. The van der Waals surface area contributed by atoms with Gasteiger partial charge in [-0.05, 0) is 19.3 Å². The van der Waals surface area contributed by atoms with Gasteiger partial charge in [0.1, 0.15) is 4.88 Å². The summed E-state index contributed by atoms with van der Waals surface area (Å²) in [4.78, 5) is 15.8. The Morgan fingerprint density at radius 1 is 1.33 bits per heavy atom. The highest BCUT2D eigenvalue weighted by atomic mass is 32.1. The molecule has 0 bridgehead atoms. The van der Waals surface area contributed by atoms with Crippen LogP contribution < -0.4 is 0 Å². The van der Waals surface area contributed by atoms with Crippen LogP contribution in [0.4, 0.5) is 0 Å². The van der Waals surface area contributed by atoms with Crippen molar-refractivity contribution in [1.29, 1.82) is 0 Å². The lowest BCUT2D eigenvalue weighted by Gasteiger charge is -1.93. The molecule has 0 aliphatic rings. The summed E-state index contributed by atoms with van der Waals surface area (Å²) >= 11 is 1.34. The standard InChI is InChI=1S/C11H17NO2S/c1-3-5-7-9-12-8(6-4-2)10(15-9)11(13)14/h3-7H2,1-2H3,(H,13,14). The second kappa shape index (κ2) is 5.85. The van der Waals surface area contributed by atoms with Crippen molar-refractivity contribution >= 4 is 17.3 Å². The molecule has 1 N–H and O–H groups in total. The Kier molecular flexibility index (Phi) is 4.75. The summed E-state index contributed by atoms with van der Waals surface area (Å²) in [6.07, 6.45) is 4.82.